The second-order valence-corrected chi connectivity index (χ2v) is 10.7. The molecule has 8 atom stereocenters. The van der Waals surface area contributed by atoms with E-state index in [1.807, 2.05) is 0 Å². The molecule has 4 saturated carbocycles. The van der Waals surface area contributed by atoms with Crippen LogP contribution in [0, 0.1) is 34.0 Å². The van der Waals surface area contributed by atoms with Gasteiger partial charge in [0.25, 0.3) is 0 Å². The number of carbonyl (C=O) groups is 1. The number of rotatable bonds is 4. The van der Waals surface area contributed by atoms with E-state index in [2.05, 4.69) is 13.8 Å². The fourth-order valence-electron chi connectivity index (χ4n) is 8.18. The van der Waals surface area contributed by atoms with Crippen LogP contribution in [0.15, 0.2) is 0 Å². The van der Waals surface area contributed by atoms with Crippen LogP contribution < -0.4 is 5.73 Å². The lowest BCUT2D eigenvalue weighted by atomic mass is 9.39. The van der Waals surface area contributed by atoms with Crippen molar-refractivity contribution < 1.29 is 24.9 Å². The lowest BCUT2D eigenvalue weighted by molar-refractivity contribution is -0.217. The van der Waals surface area contributed by atoms with Gasteiger partial charge in [0.15, 0.2) is 0 Å². The lowest BCUT2D eigenvalue weighted by Crippen LogP contribution is -2.63. The number of aliphatic hydroxyl groups excluding tert-OH is 2. The third kappa shape index (κ3) is 2.57. The minimum absolute atomic E-state index is 0.0254. The zero-order valence-electron chi connectivity index (χ0n) is 17.3. The highest BCUT2D eigenvalue weighted by molar-refractivity contribution is 5.71. The number of fused-ring (bicyclic) bond motifs is 2. The van der Waals surface area contributed by atoms with Crippen molar-refractivity contribution in [2.45, 2.75) is 76.9 Å². The first-order chi connectivity index (χ1) is 13.1. The summed E-state index contributed by atoms with van der Waals surface area (Å²) >= 11 is 0. The molecule has 6 nitrogen and oxygen atoms in total. The van der Waals surface area contributed by atoms with Crippen molar-refractivity contribution in [3.05, 3.63) is 0 Å². The molecule has 0 unspecified atom stereocenters. The normalized spacial score (nSPS) is 52.6. The minimum atomic E-state index is -0.951. The summed E-state index contributed by atoms with van der Waals surface area (Å²) < 4.78 is 5.25. The number of hydrogen-bond acceptors (Lipinski definition) is 6. The molecule has 160 valence electrons. The van der Waals surface area contributed by atoms with E-state index < -0.39 is 23.1 Å². The van der Waals surface area contributed by atoms with E-state index in [9.17, 15) is 20.1 Å². The minimum Gasteiger partial charge on any atom is -0.462 e. The van der Waals surface area contributed by atoms with Gasteiger partial charge < -0.3 is 25.8 Å². The Kier molecular flexibility index (Phi) is 4.89. The van der Waals surface area contributed by atoms with Crippen LogP contribution in [0.25, 0.3) is 0 Å². The average molecular weight is 396 g/mol. The van der Waals surface area contributed by atoms with Crippen LogP contribution in [0.4, 0.5) is 0 Å². The van der Waals surface area contributed by atoms with Crippen LogP contribution in [0.1, 0.15) is 65.2 Å². The largest absolute Gasteiger partial charge is 0.462 e. The Bertz CT molecular complexity index is 642. The Morgan fingerprint density at radius 3 is 2.57 bits per heavy atom. The summed E-state index contributed by atoms with van der Waals surface area (Å²) in [5, 5.41) is 32.2. The fraction of sp³-hybridized carbons (Fsp3) is 0.955. The summed E-state index contributed by atoms with van der Waals surface area (Å²) in [6.45, 7) is 4.37. The number of carbonyl (C=O) groups excluding carboxylic acids is 1. The standard InChI is InChI=1S/C22H37NO5/c1-19(12-24)16-4-3-14-9-15-10-21(14,20(16,2)6-5-17(19)25)7-8-22(15,27)13-28-18(26)11-23/h14-17,24-25,27H,3-13,23H2,1-2H3/t14-,15+,16-,17+,19-,20-,21-,22-/m0/s1. The van der Waals surface area contributed by atoms with Crippen molar-refractivity contribution in [2.24, 2.45) is 39.7 Å². The highest BCUT2D eigenvalue weighted by Crippen LogP contribution is 2.75. The maximum absolute atomic E-state index is 11.5. The van der Waals surface area contributed by atoms with Gasteiger partial charge in [0, 0.05) is 5.41 Å². The lowest BCUT2D eigenvalue weighted by Gasteiger charge is -2.66. The third-order valence-electron chi connectivity index (χ3n) is 9.92. The topological polar surface area (TPSA) is 113 Å². The van der Waals surface area contributed by atoms with Crippen molar-refractivity contribution in [3.8, 4) is 0 Å². The predicted molar refractivity (Wildman–Crippen MR) is 104 cm³/mol. The molecule has 2 bridgehead atoms. The highest BCUT2D eigenvalue weighted by Gasteiger charge is 2.70. The first-order valence-electron chi connectivity index (χ1n) is 11.0. The summed E-state index contributed by atoms with van der Waals surface area (Å²) in [5.74, 6) is 0.539. The number of aliphatic hydroxyl groups is 3. The van der Waals surface area contributed by atoms with Crippen LogP contribution in [0.2, 0.25) is 0 Å². The molecule has 1 spiro atoms. The zero-order chi connectivity index (χ0) is 20.4. The Morgan fingerprint density at radius 1 is 1.14 bits per heavy atom. The molecule has 0 aromatic rings. The maximum atomic E-state index is 11.5. The van der Waals surface area contributed by atoms with Gasteiger partial charge >= 0.3 is 5.97 Å². The van der Waals surface area contributed by atoms with Gasteiger partial charge in [-0.3, -0.25) is 4.79 Å². The van der Waals surface area contributed by atoms with Gasteiger partial charge in [-0.2, -0.15) is 0 Å². The Balaban J connectivity index is 1.62. The van der Waals surface area contributed by atoms with Gasteiger partial charge in [-0.05, 0) is 80.0 Å². The van der Waals surface area contributed by atoms with E-state index in [0.29, 0.717) is 18.3 Å². The molecule has 4 aliphatic carbocycles. The van der Waals surface area contributed by atoms with Gasteiger partial charge in [0.05, 0.1) is 19.3 Å². The SMILES string of the molecule is C[C@@]1(CO)[C@H](O)CC[C@@]2(C)[C@H]1CC[C@H]1C[C@@H]3C[C@@]12CC[C@]3(O)COC(=O)CN. The monoisotopic (exact) mass is 395 g/mol. The quantitative estimate of drug-likeness (QED) is 0.538. The van der Waals surface area contributed by atoms with Gasteiger partial charge in [-0.1, -0.05) is 13.8 Å². The van der Waals surface area contributed by atoms with Gasteiger partial charge in [0.2, 0.25) is 0 Å². The molecular formula is C22H37NO5. The molecular weight excluding hydrogens is 358 g/mol. The van der Waals surface area contributed by atoms with Crippen molar-refractivity contribution in [1.29, 1.82) is 0 Å². The second-order valence-electron chi connectivity index (χ2n) is 10.7. The summed E-state index contributed by atoms with van der Waals surface area (Å²) in [6, 6.07) is 0. The molecule has 5 N–H and O–H groups in total. The van der Waals surface area contributed by atoms with Gasteiger partial charge in [-0.25, -0.2) is 0 Å². The van der Waals surface area contributed by atoms with Gasteiger partial charge in [0.1, 0.15) is 12.2 Å². The number of nitrogens with two attached hydrogens (primary N) is 1. The maximum Gasteiger partial charge on any atom is 0.319 e. The first kappa shape index (κ1) is 20.6. The predicted octanol–water partition coefficient (Wildman–Crippen LogP) is 1.60. The Labute approximate surface area is 167 Å². The molecule has 0 aromatic heterocycles. The molecule has 0 radical (unpaired) electrons. The molecule has 0 amide bonds. The summed E-state index contributed by atoms with van der Waals surface area (Å²) in [7, 11) is 0. The first-order valence-corrected chi connectivity index (χ1v) is 11.0. The summed E-state index contributed by atoms with van der Waals surface area (Å²) in [6.07, 6.45) is 6.91. The van der Waals surface area contributed by atoms with Crippen molar-refractivity contribution in [2.75, 3.05) is 19.8 Å². The van der Waals surface area contributed by atoms with E-state index >= 15 is 0 Å². The molecule has 4 fully saturated rings. The molecule has 0 aromatic carbocycles. The van der Waals surface area contributed by atoms with Crippen LogP contribution >= 0.6 is 0 Å². The number of ether oxygens (including phenoxy) is 1. The van der Waals surface area contributed by atoms with E-state index in [4.69, 9.17) is 10.5 Å². The van der Waals surface area contributed by atoms with Gasteiger partial charge in [-0.15, -0.1) is 0 Å². The smallest absolute Gasteiger partial charge is 0.319 e. The van der Waals surface area contributed by atoms with Crippen LogP contribution in [-0.2, 0) is 9.53 Å². The molecule has 4 aliphatic rings. The molecule has 6 heteroatoms. The van der Waals surface area contributed by atoms with E-state index in [1.54, 1.807) is 0 Å². The Hall–Kier alpha value is -0.690. The second kappa shape index (κ2) is 6.66. The summed E-state index contributed by atoms with van der Waals surface area (Å²) in [4.78, 5) is 11.5. The highest BCUT2D eigenvalue weighted by atomic mass is 16.5. The Morgan fingerprint density at radius 2 is 1.89 bits per heavy atom. The van der Waals surface area contributed by atoms with E-state index in [1.165, 1.54) is 0 Å². The van der Waals surface area contributed by atoms with E-state index in [-0.39, 0.29) is 36.5 Å². The van der Waals surface area contributed by atoms with E-state index in [0.717, 1.165) is 44.9 Å². The molecule has 28 heavy (non-hydrogen) atoms. The van der Waals surface area contributed by atoms with Crippen LogP contribution in [0.5, 0.6) is 0 Å². The molecule has 4 rings (SSSR count). The zero-order valence-corrected chi connectivity index (χ0v) is 17.3. The van der Waals surface area contributed by atoms with Crippen molar-refractivity contribution in [3.63, 3.8) is 0 Å². The fourth-order valence-corrected chi connectivity index (χ4v) is 8.18. The average Bonchev–Trinajstić information content (AvgIpc) is 3.04. The van der Waals surface area contributed by atoms with Crippen LogP contribution in [-0.4, -0.2) is 52.8 Å². The molecule has 0 heterocycles. The number of esters is 1. The summed E-state index contributed by atoms with van der Waals surface area (Å²) in [5.41, 5.74) is 4.16. The molecule has 0 aliphatic heterocycles. The van der Waals surface area contributed by atoms with Crippen molar-refractivity contribution >= 4 is 5.97 Å². The molecule has 0 saturated heterocycles. The van der Waals surface area contributed by atoms with Crippen molar-refractivity contribution in [1.82, 2.24) is 0 Å². The number of hydrogen-bond donors (Lipinski definition) is 4. The van der Waals surface area contributed by atoms with Crippen LogP contribution in [0.3, 0.4) is 0 Å². The third-order valence-corrected chi connectivity index (χ3v) is 9.92.